The maximum Gasteiger partial charge on any atom is 0.310 e. The lowest BCUT2D eigenvalue weighted by Crippen LogP contribution is -2.37. The van der Waals surface area contributed by atoms with E-state index < -0.39 is 12.0 Å². The lowest BCUT2D eigenvalue weighted by molar-refractivity contribution is -0.146. The summed E-state index contributed by atoms with van der Waals surface area (Å²) in [5.74, 6) is -1.04. The molecule has 0 radical (unpaired) electrons. The van der Waals surface area contributed by atoms with Crippen LogP contribution < -0.4 is 5.32 Å². The zero-order valence-electron chi connectivity index (χ0n) is 12.6. The van der Waals surface area contributed by atoms with Crippen LogP contribution in [0.5, 0.6) is 0 Å². The van der Waals surface area contributed by atoms with E-state index in [0.29, 0.717) is 0 Å². The van der Waals surface area contributed by atoms with Crippen LogP contribution in [0.1, 0.15) is 18.5 Å². The molecule has 0 saturated carbocycles. The highest BCUT2D eigenvalue weighted by Gasteiger charge is 2.27. The minimum Gasteiger partial charge on any atom is -0.469 e. The lowest BCUT2D eigenvalue weighted by atomic mass is 9.94. The van der Waals surface area contributed by atoms with Crippen molar-refractivity contribution in [2.75, 3.05) is 7.11 Å². The Morgan fingerprint density at radius 3 is 2.64 bits per heavy atom. The fourth-order valence-electron chi connectivity index (χ4n) is 2.24. The zero-order chi connectivity index (χ0) is 15.9. The number of aromatic nitrogens is 2. The summed E-state index contributed by atoms with van der Waals surface area (Å²) >= 11 is 0. The van der Waals surface area contributed by atoms with Gasteiger partial charge in [0.05, 0.1) is 25.4 Å². The fourth-order valence-corrected chi connectivity index (χ4v) is 2.24. The second kappa shape index (κ2) is 7.40. The Hall–Kier alpha value is -2.63. The topological polar surface area (TPSA) is 73.2 Å². The van der Waals surface area contributed by atoms with Crippen LogP contribution in [0, 0.1) is 5.92 Å². The quantitative estimate of drug-likeness (QED) is 0.822. The number of esters is 1. The van der Waals surface area contributed by atoms with E-state index in [-0.39, 0.29) is 18.4 Å². The Morgan fingerprint density at radius 2 is 2.05 bits per heavy atom. The van der Waals surface area contributed by atoms with Crippen molar-refractivity contribution in [3.63, 3.8) is 0 Å². The van der Waals surface area contributed by atoms with Crippen LogP contribution in [0.4, 0.5) is 0 Å². The Balaban J connectivity index is 2.14. The zero-order valence-corrected chi connectivity index (χ0v) is 12.6. The van der Waals surface area contributed by atoms with Gasteiger partial charge in [-0.3, -0.25) is 9.59 Å². The number of hydrogen-bond donors (Lipinski definition) is 1. The summed E-state index contributed by atoms with van der Waals surface area (Å²) in [7, 11) is 1.34. The highest BCUT2D eigenvalue weighted by molar-refractivity contribution is 5.78. The predicted molar refractivity (Wildman–Crippen MR) is 80.7 cm³/mol. The molecule has 0 aliphatic carbocycles. The van der Waals surface area contributed by atoms with Gasteiger partial charge in [0, 0.05) is 12.4 Å². The van der Waals surface area contributed by atoms with Crippen LogP contribution in [-0.4, -0.2) is 28.5 Å². The van der Waals surface area contributed by atoms with Crippen LogP contribution in [0.25, 0.3) is 0 Å². The van der Waals surface area contributed by atoms with Gasteiger partial charge in [0.2, 0.25) is 5.91 Å². The molecule has 1 amide bonds. The maximum absolute atomic E-state index is 12.2. The molecule has 1 heterocycles. The molecule has 2 aromatic rings. The molecule has 0 aliphatic rings. The number of methoxy groups -OCH3 is 1. The number of ether oxygens (including phenoxy) is 1. The summed E-state index contributed by atoms with van der Waals surface area (Å²) in [4.78, 5) is 27.9. The Kier molecular flexibility index (Phi) is 5.30. The molecule has 1 aromatic carbocycles. The number of nitrogens with one attached hydrogen (secondary N) is 1. The summed E-state index contributed by atoms with van der Waals surface area (Å²) < 4.78 is 6.46. The lowest BCUT2D eigenvalue weighted by Gasteiger charge is -2.24. The number of amides is 1. The van der Waals surface area contributed by atoms with Crippen molar-refractivity contribution in [3.8, 4) is 0 Å². The average molecular weight is 301 g/mol. The molecule has 1 aromatic heterocycles. The van der Waals surface area contributed by atoms with Crippen LogP contribution in [-0.2, 0) is 20.9 Å². The van der Waals surface area contributed by atoms with E-state index in [0.717, 1.165) is 5.56 Å². The smallest absolute Gasteiger partial charge is 0.310 e. The number of carbonyl (C=O) groups excluding carboxylic acids is 2. The van der Waals surface area contributed by atoms with Crippen molar-refractivity contribution < 1.29 is 14.3 Å². The fraction of sp³-hybridized carbons (Fsp3) is 0.312. The monoisotopic (exact) mass is 301 g/mol. The van der Waals surface area contributed by atoms with Gasteiger partial charge < -0.3 is 14.6 Å². The third-order valence-corrected chi connectivity index (χ3v) is 3.43. The van der Waals surface area contributed by atoms with Crippen molar-refractivity contribution in [3.05, 3.63) is 54.6 Å². The van der Waals surface area contributed by atoms with Crippen LogP contribution in [0.15, 0.2) is 49.1 Å². The highest BCUT2D eigenvalue weighted by Crippen LogP contribution is 2.23. The summed E-state index contributed by atoms with van der Waals surface area (Å²) in [6.45, 7) is 1.89. The third kappa shape index (κ3) is 3.94. The average Bonchev–Trinajstić information content (AvgIpc) is 3.05. The van der Waals surface area contributed by atoms with Gasteiger partial charge in [-0.1, -0.05) is 30.3 Å². The normalized spacial score (nSPS) is 13.2. The van der Waals surface area contributed by atoms with Crippen molar-refractivity contribution in [1.29, 1.82) is 0 Å². The summed E-state index contributed by atoms with van der Waals surface area (Å²) in [6, 6.07) is 8.94. The van der Waals surface area contributed by atoms with Gasteiger partial charge in [0.1, 0.15) is 6.54 Å². The number of hydrogen-bond acceptors (Lipinski definition) is 4. The Morgan fingerprint density at radius 1 is 1.32 bits per heavy atom. The Labute approximate surface area is 129 Å². The largest absolute Gasteiger partial charge is 0.469 e. The summed E-state index contributed by atoms with van der Waals surface area (Å²) in [6.07, 6.45) is 4.89. The molecule has 2 atom stereocenters. The molecule has 0 spiro atoms. The molecule has 116 valence electrons. The van der Waals surface area contributed by atoms with E-state index >= 15 is 0 Å². The van der Waals surface area contributed by atoms with Crippen LogP contribution >= 0.6 is 0 Å². The summed E-state index contributed by atoms with van der Waals surface area (Å²) in [5, 5.41) is 2.90. The van der Waals surface area contributed by atoms with Crippen molar-refractivity contribution in [2.24, 2.45) is 5.92 Å². The molecule has 0 unspecified atom stereocenters. The van der Waals surface area contributed by atoms with Gasteiger partial charge in [-0.05, 0) is 12.5 Å². The molecule has 0 fully saturated rings. The molecule has 22 heavy (non-hydrogen) atoms. The molecular weight excluding hydrogens is 282 g/mol. The molecular formula is C16H19N3O3. The second-order valence-electron chi connectivity index (χ2n) is 5.00. The van der Waals surface area contributed by atoms with Crippen LogP contribution in [0.3, 0.4) is 0 Å². The molecule has 0 aliphatic heterocycles. The first-order chi connectivity index (χ1) is 10.6. The number of rotatable bonds is 6. The Bertz CT molecular complexity index is 611. The number of imidazole rings is 1. The van der Waals surface area contributed by atoms with Crippen LogP contribution in [0.2, 0.25) is 0 Å². The van der Waals surface area contributed by atoms with E-state index in [2.05, 4.69) is 10.3 Å². The number of carbonyl (C=O) groups is 2. The molecule has 0 bridgehead atoms. The maximum atomic E-state index is 12.2. The van der Waals surface area contributed by atoms with E-state index in [1.165, 1.54) is 7.11 Å². The van der Waals surface area contributed by atoms with E-state index in [1.54, 1.807) is 30.2 Å². The summed E-state index contributed by atoms with van der Waals surface area (Å²) in [5.41, 5.74) is 0.861. The number of benzene rings is 1. The molecule has 6 heteroatoms. The van der Waals surface area contributed by atoms with Gasteiger partial charge in [0.15, 0.2) is 0 Å². The van der Waals surface area contributed by atoms with Gasteiger partial charge in [0.25, 0.3) is 0 Å². The van der Waals surface area contributed by atoms with Crippen molar-refractivity contribution >= 4 is 11.9 Å². The van der Waals surface area contributed by atoms with Gasteiger partial charge in [-0.2, -0.15) is 0 Å². The van der Waals surface area contributed by atoms with E-state index in [4.69, 9.17) is 4.74 Å². The molecule has 0 saturated heterocycles. The first-order valence-electron chi connectivity index (χ1n) is 6.99. The second-order valence-corrected chi connectivity index (χ2v) is 5.00. The van der Waals surface area contributed by atoms with Gasteiger partial charge >= 0.3 is 5.97 Å². The van der Waals surface area contributed by atoms with Gasteiger partial charge in [-0.25, -0.2) is 4.98 Å². The molecule has 2 rings (SSSR count). The minimum absolute atomic E-state index is 0.150. The van der Waals surface area contributed by atoms with Crippen molar-refractivity contribution in [1.82, 2.24) is 14.9 Å². The highest BCUT2D eigenvalue weighted by atomic mass is 16.5. The minimum atomic E-state index is -0.487. The van der Waals surface area contributed by atoms with Crippen molar-refractivity contribution in [2.45, 2.75) is 19.5 Å². The van der Waals surface area contributed by atoms with Gasteiger partial charge in [-0.15, -0.1) is 0 Å². The third-order valence-electron chi connectivity index (χ3n) is 3.43. The first-order valence-corrected chi connectivity index (χ1v) is 6.99. The predicted octanol–water partition coefficient (Wildman–Crippen LogP) is 1.55. The van der Waals surface area contributed by atoms with E-state index in [9.17, 15) is 9.59 Å². The molecule has 1 N–H and O–H groups in total. The standard InChI is InChI=1S/C16H19N3O3/c1-12(16(21)22-2)15(13-6-4-3-5-7-13)18-14(20)10-19-9-8-17-11-19/h3-9,11-12,15H,10H2,1-2H3,(H,18,20)/t12-,15-/m0/s1. The number of nitrogens with zero attached hydrogens (tertiary/aromatic N) is 2. The van der Waals surface area contributed by atoms with E-state index in [1.807, 2.05) is 30.3 Å². The molecule has 6 nitrogen and oxygen atoms in total. The first kappa shape index (κ1) is 15.8. The SMILES string of the molecule is COC(=O)[C@@H](C)[C@H](NC(=O)Cn1ccnc1)c1ccccc1.